The summed E-state index contributed by atoms with van der Waals surface area (Å²) in [6.07, 6.45) is -0.848. The molecule has 0 aromatic rings. The summed E-state index contributed by atoms with van der Waals surface area (Å²) in [5.41, 5.74) is 2.19. The Balaban J connectivity index is 2.21. The molecular weight excluding hydrogens is 1180 g/mol. The molecule has 2 fully saturated rings. The second kappa shape index (κ2) is 41.0. The normalized spacial score (nSPS) is 35.6. The summed E-state index contributed by atoms with van der Waals surface area (Å²) >= 11 is 0. The highest BCUT2D eigenvalue weighted by atomic mass is 16.7. The molecule has 14 N–H and O–H groups in total. The van der Waals surface area contributed by atoms with Crippen molar-refractivity contribution < 1.29 is 118 Å². The lowest BCUT2D eigenvalue weighted by atomic mass is 9.86. The summed E-state index contributed by atoms with van der Waals surface area (Å²) < 4.78 is 45.1. The van der Waals surface area contributed by atoms with Crippen LogP contribution in [-0.4, -0.2) is 234 Å². The van der Waals surface area contributed by atoms with Gasteiger partial charge in [-0.2, -0.15) is 0 Å². The predicted molar refractivity (Wildman–Crippen MR) is 324 cm³/mol. The number of hydrazine groups is 1. The topological polar surface area (TPSA) is 421 Å². The Bertz CT molecular complexity index is 2450. The highest BCUT2D eigenvalue weighted by molar-refractivity contribution is 5.78. The number of hydrogen-bond donors (Lipinski definition) is 14. The van der Waals surface area contributed by atoms with Crippen molar-refractivity contribution in [3.63, 3.8) is 0 Å². The molecule has 0 radical (unpaired) electrons. The number of esters is 1. The molecule has 0 spiro atoms. The summed E-state index contributed by atoms with van der Waals surface area (Å²) in [5, 5.41) is 127. The molecule has 0 aliphatic carbocycles. The van der Waals surface area contributed by atoms with E-state index in [0.717, 1.165) is 0 Å². The number of fused-ring (bicyclic) bond motifs is 2. The Kier molecular flexibility index (Phi) is 35.4. The zero-order valence-corrected chi connectivity index (χ0v) is 51.3. The average Bonchev–Trinajstić information content (AvgIpc) is 0.854. The third-order valence-electron chi connectivity index (χ3n) is 14.7. The van der Waals surface area contributed by atoms with Gasteiger partial charge in [0.05, 0.1) is 86.7 Å². The maximum atomic E-state index is 14.2. The van der Waals surface area contributed by atoms with Gasteiger partial charge in [0, 0.05) is 37.5 Å². The van der Waals surface area contributed by atoms with E-state index < -0.39 is 191 Å². The largest absolute Gasteiger partial charge is 0.508 e. The lowest BCUT2D eigenvalue weighted by Crippen LogP contribution is -2.66. The summed E-state index contributed by atoms with van der Waals surface area (Å²) in [5.74, 6) is -4.23. The van der Waals surface area contributed by atoms with E-state index in [9.17, 15) is 80.1 Å². The molecule has 19 atom stereocenters. The van der Waals surface area contributed by atoms with Crippen LogP contribution >= 0.6 is 0 Å². The van der Waals surface area contributed by atoms with Gasteiger partial charge < -0.3 is 105 Å². The second-order valence-corrected chi connectivity index (χ2v) is 22.0. The minimum Gasteiger partial charge on any atom is -0.462 e. The van der Waals surface area contributed by atoms with Gasteiger partial charge in [-0.05, 0) is 33.1 Å². The van der Waals surface area contributed by atoms with Gasteiger partial charge >= 0.3 is 30.3 Å². The third-order valence-corrected chi connectivity index (χ3v) is 14.7. The number of carbonyl (C=O) groups is 5. The van der Waals surface area contributed by atoms with Gasteiger partial charge in [0.1, 0.15) is 50.3 Å². The zero-order valence-electron chi connectivity index (χ0n) is 51.3. The van der Waals surface area contributed by atoms with Crippen LogP contribution in [-0.2, 0) is 42.7 Å². The van der Waals surface area contributed by atoms with Crippen LogP contribution in [0.5, 0.6) is 0 Å². The predicted octanol–water partition coefficient (Wildman–Crippen LogP) is 1.87. The molecule has 2 bridgehead atoms. The Morgan fingerprint density at radius 2 is 1.24 bits per heavy atom. The van der Waals surface area contributed by atoms with Crippen LogP contribution in [0, 0.1) is 11.8 Å². The molecule has 506 valence electrons. The Labute approximate surface area is 524 Å². The van der Waals surface area contributed by atoms with Gasteiger partial charge in [-0.1, -0.05) is 137 Å². The first-order valence-corrected chi connectivity index (χ1v) is 29.7. The number of cyclic esters (lactones) is 1. The number of nitrogens with one attached hydrogen (secondary N) is 3. The molecular formula is C62H94N4O24. The van der Waals surface area contributed by atoms with Crippen LogP contribution in [0.1, 0.15) is 79.1 Å². The number of aliphatic hydroxyl groups is 11. The number of hydrogen-bond acceptors (Lipinski definition) is 24. The molecule has 3 rings (SSSR count). The van der Waals surface area contributed by atoms with Gasteiger partial charge in [-0.25, -0.2) is 29.6 Å². The van der Waals surface area contributed by atoms with E-state index >= 15 is 0 Å². The fraction of sp³-hybridized carbons (Fsp3) is 0.597. The number of amides is 4. The van der Waals surface area contributed by atoms with Crippen LogP contribution in [0.25, 0.3) is 0 Å². The van der Waals surface area contributed by atoms with Gasteiger partial charge in [0.25, 0.3) is 0 Å². The molecule has 0 unspecified atom stereocenters. The standard InChI is InChI=1S/C62H94N4O24/c1-8-27-83-59(79)64-53-55(76)41(7)87-57(56(53)77)88-46-24-22-20-18-16-14-12-11-13-15-17-19-21-23-38(4)54(75)39(5)40(6)86-51(74)32-44(70)30-43(69)25-26-47(72)48(73)31-45(71)34-62(82)35-50(89-61(81)85-29-10-3)52(49(33-46)90-62)63-58(78)65-66(42(36-67)37-68)60(80)84-28-9-2/h8-24,38-50,52-57,67-73,75-77,82H,1-3,25-37H2,4-7H3,(H,64,79)(H2,63,65,78)/b12-11+,15-13+,16-14+,19-17+,20-18+,23-21+,24-22+/t38-,39-,40-,41+,43+,44+,45-,46-,47+,48+,49-,50-,52-,53-,54+,55+,56-,57-,62+/m0/s1. The van der Waals surface area contributed by atoms with Crippen molar-refractivity contribution in [1.82, 2.24) is 21.1 Å². The molecule has 3 heterocycles. The van der Waals surface area contributed by atoms with E-state index in [-0.39, 0.29) is 45.0 Å². The Morgan fingerprint density at radius 3 is 1.84 bits per heavy atom. The van der Waals surface area contributed by atoms with Crippen molar-refractivity contribution in [1.29, 1.82) is 0 Å². The molecule has 28 heteroatoms. The molecule has 2 saturated heterocycles. The maximum absolute atomic E-state index is 14.2. The summed E-state index contributed by atoms with van der Waals surface area (Å²) in [4.78, 5) is 66.3. The Hall–Kier alpha value is -6.61. The van der Waals surface area contributed by atoms with Gasteiger partial charge in [-0.15, -0.1) is 0 Å². The smallest absolute Gasteiger partial charge is 0.462 e. The molecule has 3 aliphatic rings. The van der Waals surface area contributed by atoms with Crippen LogP contribution in [0.15, 0.2) is 123 Å². The van der Waals surface area contributed by atoms with Gasteiger partial charge in [-0.3, -0.25) is 4.79 Å². The van der Waals surface area contributed by atoms with Crippen molar-refractivity contribution in [3.05, 3.63) is 123 Å². The summed E-state index contributed by atoms with van der Waals surface area (Å²) in [6, 6.07) is -5.89. The Morgan fingerprint density at radius 1 is 0.667 bits per heavy atom. The van der Waals surface area contributed by atoms with Crippen molar-refractivity contribution in [3.8, 4) is 0 Å². The molecule has 3 aliphatic heterocycles. The van der Waals surface area contributed by atoms with Gasteiger partial charge in [0.15, 0.2) is 12.1 Å². The number of allylic oxidation sites excluding steroid dienone is 12. The van der Waals surface area contributed by atoms with E-state index in [1.807, 2.05) is 0 Å². The van der Waals surface area contributed by atoms with Crippen molar-refractivity contribution >= 4 is 30.3 Å². The SMILES string of the molecule is C=CCOC(=O)N[C@@H]1[C@H](O)[C@H](O[C@H]2/C=C/C=C/C=C/C=C/C=C/C=C/C=C/[C@H](C)[C@@H](O)[C@@H](C)[C@H](C)OC(=O)C[C@H](O)C[C@H](O)CC[C@@H](O)[C@H](O)C[C@H](O)C[C@]3(O)C[C@H](OC(=O)OCC=C)[C@@H](NC(=O)NN(C(=O)OCC=C)C(CO)CO)[C@H](C2)O3)O[C@H](C)[C@H]1O. The van der Waals surface area contributed by atoms with Crippen LogP contribution in [0.4, 0.5) is 19.2 Å². The molecule has 0 aromatic carbocycles. The highest BCUT2D eigenvalue weighted by Crippen LogP contribution is 2.37. The monoisotopic (exact) mass is 1280 g/mol. The van der Waals surface area contributed by atoms with E-state index in [2.05, 4.69) is 35.8 Å². The van der Waals surface area contributed by atoms with Crippen molar-refractivity contribution in [2.75, 3.05) is 33.0 Å². The quantitative estimate of drug-likeness (QED) is 0.0511. The molecule has 4 amide bonds. The van der Waals surface area contributed by atoms with E-state index in [1.54, 1.807) is 93.7 Å². The van der Waals surface area contributed by atoms with E-state index in [4.69, 9.17) is 37.9 Å². The number of ether oxygens (including phenoxy) is 8. The van der Waals surface area contributed by atoms with Crippen LogP contribution in [0.3, 0.4) is 0 Å². The van der Waals surface area contributed by atoms with Crippen molar-refractivity contribution in [2.24, 2.45) is 11.8 Å². The maximum Gasteiger partial charge on any atom is 0.508 e. The first-order valence-electron chi connectivity index (χ1n) is 29.7. The highest BCUT2D eigenvalue weighted by Gasteiger charge is 2.52. The zero-order chi connectivity index (χ0) is 66.9. The third kappa shape index (κ3) is 27.5. The number of nitrogens with zero attached hydrogens (tertiary/aromatic N) is 1. The minimum atomic E-state index is -2.60. The fourth-order valence-electron chi connectivity index (χ4n) is 9.66. The number of urea groups is 1. The lowest BCUT2D eigenvalue weighted by Gasteiger charge is -2.47. The average molecular weight is 1280 g/mol. The number of aliphatic hydroxyl groups excluding tert-OH is 10. The number of rotatable bonds is 14. The van der Waals surface area contributed by atoms with Crippen LogP contribution in [0.2, 0.25) is 0 Å². The van der Waals surface area contributed by atoms with E-state index in [0.29, 0.717) is 5.01 Å². The molecule has 28 nitrogen and oxygen atoms in total. The molecule has 90 heavy (non-hydrogen) atoms. The molecule has 0 saturated carbocycles. The second-order valence-electron chi connectivity index (χ2n) is 22.0. The van der Waals surface area contributed by atoms with Gasteiger partial charge in [0.2, 0.25) is 0 Å². The van der Waals surface area contributed by atoms with Crippen molar-refractivity contribution in [2.45, 2.75) is 189 Å². The first kappa shape index (κ1) is 77.6. The van der Waals surface area contributed by atoms with E-state index in [1.165, 1.54) is 37.3 Å². The summed E-state index contributed by atoms with van der Waals surface area (Å²) in [6.45, 7) is 14.3. The lowest BCUT2D eigenvalue weighted by molar-refractivity contribution is -0.303. The number of carbonyl (C=O) groups excluding carboxylic acids is 5. The minimum absolute atomic E-state index is 0.202. The summed E-state index contributed by atoms with van der Waals surface area (Å²) in [7, 11) is 0. The number of alkyl carbamates (subject to hydrolysis) is 1. The molecule has 0 aromatic heterocycles. The first-order chi connectivity index (χ1) is 42.8. The fourth-order valence-corrected chi connectivity index (χ4v) is 9.66. The van der Waals surface area contributed by atoms with Crippen LogP contribution < -0.4 is 16.1 Å².